The highest BCUT2D eigenvalue weighted by molar-refractivity contribution is 7.99. The average molecular weight is 263 g/mol. The molecule has 0 aliphatic heterocycles. The zero-order chi connectivity index (χ0) is 11.7. The second kappa shape index (κ2) is 4.67. The fraction of sp³-hybridized carbons (Fsp3) is 0.231. The summed E-state index contributed by atoms with van der Waals surface area (Å²) in [4.78, 5) is 9.48. The third-order valence-electron chi connectivity index (χ3n) is 2.88. The van der Waals surface area contributed by atoms with Gasteiger partial charge in [0.2, 0.25) is 0 Å². The summed E-state index contributed by atoms with van der Waals surface area (Å²) in [7, 11) is 0. The van der Waals surface area contributed by atoms with Crippen LogP contribution >= 0.6 is 23.4 Å². The van der Waals surface area contributed by atoms with Crippen molar-refractivity contribution in [3.63, 3.8) is 0 Å². The summed E-state index contributed by atoms with van der Waals surface area (Å²) in [5, 5.41) is 1.28. The van der Waals surface area contributed by atoms with E-state index in [0.717, 1.165) is 5.03 Å². The number of benzene rings is 1. The van der Waals surface area contributed by atoms with Crippen LogP contribution in [-0.4, -0.2) is 9.97 Å². The zero-order valence-electron chi connectivity index (χ0n) is 9.19. The lowest BCUT2D eigenvalue weighted by Gasteiger charge is -2.04. The van der Waals surface area contributed by atoms with Crippen LogP contribution in [0.2, 0.25) is 5.15 Å². The van der Waals surface area contributed by atoms with Gasteiger partial charge < -0.3 is 0 Å². The van der Waals surface area contributed by atoms with E-state index in [1.165, 1.54) is 35.3 Å². The van der Waals surface area contributed by atoms with Crippen LogP contribution in [0.15, 0.2) is 40.5 Å². The van der Waals surface area contributed by atoms with Crippen molar-refractivity contribution in [3.05, 3.63) is 46.9 Å². The first-order valence-electron chi connectivity index (χ1n) is 5.58. The molecule has 17 heavy (non-hydrogen) atoms. The van der Waals surface area contributed by atoms with Gasteiger partial charge in [0.05, 0.1) is 12.4 Å². The van der Waals surface area contributed by atoms with Gasteiger partial charge in [0.25, 0.3) is 0 Å². The SMILES string of the molecule is Clc1cncc(Sc2ccc3c(c2)CCC3)n1. The molecule has 0 N–H and O–H groups in total. The second-order valence-corrected chi connectivity index (χ2v) is 5.55. The van der Waals surface area contributed by atoms with Gasteiger partial charge in [-0.05, 0) is 42.5 Å². The summed E-state index contributed by atoms with van der Waals surface area (Å²) < 4.78 is 0. The molecule has 0 fully saturated rings. The first kappa shape index (κ1) is 11.1. The number of aryl methyl sites for hydroxylation is 2. The molecule has 1 aromatic heterocycles. The maximum absolute atomic E-state index is 5.82. The molecule has 0 bridgehead atoms. The van der Waals surface area contributed by atoms with E-state index in [4.69, 9.17) is 11.6 Å². The minimum atomic E-state index is 0.441. The van der Waals surface area contributed by atoms with E-state index in [-0.39, 0.29) is 0 Å². The van der Waals surface area contributed by atoms with Gasteiger partial charge in [-0.15, -0.1) is 0 Å². The molecule has 0 radical (unpaired) electrons. The fourth-order valence-corrected chi connectivity index (χ4v) is 3.14. The smallest absolute Gasteiger partial charge is 0.148 e. The molecule has 1 aliphatic carbocycles. The third-order valence-corrected chi connectivity index (χ3v) is 3.95. The quantitative estimate of drug-likeness (QED) is 0.824. The maximum Gasteiger partial charge on any atom is 0.148 e. The molecule has 3 rings (SSSR count). The van der Waals surface area contributed by atoms with Crippen LogP contribution in [0.3, 0.4) is 0 Å². The van der Waals surface area contributed by atoms with Gasteiger partial charge in [0, 0.05) is 4.90 Å². The second-order valence-electron chi connectivity index (χ2n) is 4.07. The molecular formula is C13H11ClN2S. The Balaban J connectivity index is 1.86. The Morgan fingerprint density at radius 3 is 2.88 bits per heavy atom. The summed E-state index contributed by atoms with van der Waals surface area (Å²) in [5.41, 5.74) is 2.97. The molecule has 0 saturated carbocycles. The molecule has 86 valence electrons. The third kappa shape index (κ3) is 2.45. The van der Waals surface area contributed by atoms with Crippen molar-refractivity contribution >= 4 is 23.4 Å². The van der Waals surface area contributed by atoms with Crippen molar-refractivity contribution in [2.24, 2.45) is 0 Å². The summed E-state index contributed by atoms with van der Waals surface area (Å²) in [6.45, 7) is 0. The Kier molecular flexibility index (Phi) is 3.04. The lowest BCUT2D eigenvalue weighted by Crippen LogP contribution is -1.85. The van der Waals surface area contributed by atoms with Crippen LogP contribution in [0.25, 0.3) is 0 Å². The zero-order valence-corrected chi connectivity index (χ0v) is 10.8. The molecule has 0 spiro atoms. The highest BCUT2D eigenvalue weighted by Crippen LogP contribution is 2.31. The Morgan fingerprint density at radius 1 is 1.12 bits per heavy atom. The lowest BCUT2D eigenvalue weighted by atomic mass is 10.1. The van der Waals surface area contributed by atoms with Gasteiger partial charge in [0.15, 0.2) is 0 Å². The summed E-state index contributed by atoms with van der Waals surface area (Å²) in [6, 6.07) is 6.63. The normalized spacial score (nSPS) is 13.7. The summed E-state index contributed by atoms with van der Waals surface area (Å²) in [5.74, 6) is 0. The maximum atomic E-state index is 5.82. The fourth-order valence-electron chi connectivity index (χ4n) is 2.11. The van der Waals surface area contributed by atoms with E-state index >= 15 is 0 Å². The summed E-state index contributed by atoms with van der Waals surface area (Å²) >= 11 is 7.43. The Bertz CT molecular complexity index is 557. The van der Waals surface area contributed by atoms with Crippen molar-refractivity contribution < 1.29 is 0 Å². The predicted octanol–water partition coefficient (Wildman–Crippen LogP) is 3.77. The van der Waals surface area contributed by atoms with E-state index in [1.54, 1.807) is 24.2 Å². The Hall–Kier alpha value is -1.06. The first-order chi connectivity index (χ1) is 8.31. The van der Waals surface area contributed by atoms with Gasteiger partial charge in [-0.1, -0.05) is 29.4 Å². The largest absolute Gasteiger partial charge is 0.259 e. The van der Waals surface area contributed by atoms with Crippen molar-refractivity contribution in [2.45, 2.75) is 29.2 Å². The average Bonchev–Trinajstić information content (AvgIpc) is 2.76. The highest BCUT2D eigenvalue weighted by atomic mass is 35.5. The molecular weight excluding hydrogens is 252 g/mol. The molecule has 0 atom stereocenters. The van der Waals surface area contributed by atoms with Gasteiger partial charge in [-0.2, -0.15) is 0 Å². The van der Waals surface area contributed by atoms with Gasteiger partial charge >= 0.3 is 0 Å². The van der Waals surface area contributed by atoms with E-state index < -0.39 is 0 Å². The van der Waals surface area contributed by atoms with E-state index in [9.17, 15) is 0 Å². The minimum Gasteiger partial charge on any atom is -0.259 e. The molecule has 1 heterocycles. The van der Waals surface area contributed by atoms with Crippen LogP contribution in [-0.2, 0) is 12.8 Å². The molecule has 2 nitrogen and oxygen atoms in total. The standard InChI is InChI=1S/C13H11ClN2S/c14-12-7-15-8-13(16-12)17-11-5-4-9-2-1-3-10(9)6-11/h4-8H,1-3H2. The van der Waals surface area contributed by atoms with Crippen LogP contribution in [0, 0.1) is 0 Å². The molecule has 1 aliphatic rings. The van der Waals surface area contributed by atoms with Crippen molar-refractivity contribution in [2.75, 3.05) is 0 Å². The molecule has 0 unspecified atom stereocenters. The number of hydrogen-bond acceptors (Lipinski definition) is 3. The van der Waals surface area contributed by atoms with E-state index in [0.29, 0.717) is 5.15 Å². The Labute approximate surface area is 109 Å². The Morgan fingerprint density at radius 2 is 2.00 bits per heavy atom. The van der Waals surface area contributed by atoms with Crippen molar-refractivity contribution in [1.82, 2.24) is 9.97 Å². The minimum absolute atomic E-state index is 0.441. The van der Waals surface area contributed by atoms with Gasteiger partial charge in [-0.3, -0.25) is 4.98 Å². The van der Waals surface area contributed by atoms with E-state index in [2.05, 4.69) is 28.2 Å². The summed E-state index contributed by atoms with van der Waals surface area (Å²) in [6.07, 6.45) is 6.99. The molecule has 0 amide bonds. The topological polar surface area (TPSA) is 25.8 Å². The number of nitrogens with zero attached hydrogens (tertiary/aromatic N) is 2. The van der Waals surface area contributed by atoms with Crippen LogP contribution < -0.4 is 0 Å². The van der Waals surface area contributed by atoms with Crippen molar-refractivity contribution in [1.29, 1.82) is 0 Å². The highest BCUT2D eigenvalue weighted by Gasteiger charge is 2.11. The van der Waals surface area contributed by atoms with Gasteiger partial charge in [0.1, 0.15) is 10.2 Å². The van der Waals surface area contributed by atoms with Gasteiger partial charge in [-0.25, -0.2) is 4.98 Å². The van der Waals surface area contributed by atoms with Crippen LogP contribution in [0.5, 0.6) is 0 Å². The number of halogens is 1. The number of rotatable bonds is 2. The van der Waals surface area contributed by atoms with E-state index in [1.807, 2.05) is 0 Å². The molecule has 0 saturated heterocycles. The van der Waals surface area contributed by atoms with Crippen LogP contribution in [0.4, 0.5) is 0 Å². The van der Waals surface area contributed by atoms with Crippen molar-refractivity contribution in [3.8, 4) is 0 Å². The molecule has 4 heteroatoms. The van der Waals surface area contributed by atoms with Crippen LogP contribution in [0.1, 0.15) is 17.5 Å². The number of hydrogen-bond donors (Lipinski definition) is 0. The predicted molar refractivity (Wildman–Crippen MR) is 69.6 cm³/mol. The monoisotopic (exact) mass is 262 g/mol. The molecule has 1 aromatic carbocycles. The number of aromatic nitrogens is 2. The number of fused-ring (bicyclic) bond motifs is 1. The molecule has 2 aromatic rings. The lowest BCUT2D eigenvalue weighted by molar-refractivity contribution is 0.911. The first-order valence-corrected chi connectivity index (χ1v) is 6.78.